The van der Waals surface area contributed by atoms with Gasteiger partial charge in [0.1, 0.15) is 0 Å². The van der Waals surface area contributed by atoms with E-state index >= 15 is 0 Å². The zero-order valence-corrected chi connectivity index (χ0v) is 19.0. The summed E-state index contributed by atoms with van der Waals surface area (Å²) >= 11 is 0. The van der Waals surface area contributed by atoms with Crippen LogP contribution >= 0.6 is 0 Å². The van der Waals surface area contributed by atoms with E-state index in [2.05, 4.69) is 53.5 Å². The Labute approximate surface area is 190 Å². The van der Waals surface area contributed by atoms with Crippen molar-refractivity contribution < 1.29 is 24.6 Å². The number of nitrogens with zero attached hydrogens (tertiary/aromatic N) is 1. The highest BCUT2D eigenvalue weighted by Gasteiger charge is 2.26. The smallest absolute Gasteiger partial charge is 0.414 e. The molecule has 1 aromatic carbocycles. The molecule has 1 aliphatic heterocycles. The summed E-state index contributed by atoms with van der Waals surface area (Å²) in [5, 5.41) is 18.1. The molecule has 0 aromatic heterocycles. The van der Waals surface area contributed by atoms with Gasteiger partial charge in [-0.15, -0.1) is 0 Å². The highest BCUT2D eigenvalue weighted by molar-refractivity contribution is 6.27. The van der Waals surface area contributed by atoms with Crippen molar-refractivity contribution in [2.75, 3.05) is 19.6 Å². The minimum atomic E-state index is -1.82. The van der Waals surface area contributed by atoms with Crippen LogP contribution in [-0.4, -0.2) is 58.6 Å². The van der Waals surface area contributed by atoms with Crippen molar-refractivity contribution in [1.29, 1.82) is 0 Å². The van der Waals surface area contributed by atoms with E-state index in [1.807, 2.05) is 0 Å². The second-order valence-corrected chi connectivity index (χ2v) is 8.76. The van der Waals surface area contributed by atoms with Gasteiger partial charge in [0.25, 0.3) is 0 Å². The van der Waals surface area contributed by atoms with E-state index in [1.54, 1.807) is 0 Å². The summed E-state index contributed by atoms with van der Waals surface area (Å²) in [5.41, 5.74) is 2.65. The van der Waals surface area contributed by atoms with Crippen LogP contribution in [0.25, 0.3) is 6.08 Å². The minimum absolute atomic E-state index is 0.216. The van der Waals surface area contributed by atoms with Crippen LogP contribution in [0.3, 0.4) is 0 Å². The first-order valence-electron chi connectivity index (χ1n) is 11.6. The second kappa shape index (κ2) is 13.7. The van der Waals surface area contributed by atoms with Crippen LogP contribution < -0.4 is 5.32 Å². The molecule has 1 aromatic rings. The average molecular weight is 445 g/mol. The Hall–Kier alpha value is -2.67. The fraction of sp³-hybridized carbons (Fsp3) is 0.560. The van der Waals surface area contributed by atoms with Gasteiger partial charge in [-0.3, -0.25) is 9.69 Å². The number of rotatable bonds is 5. The van der Waals surface area contributed by atoms with E-state index in [1.165, 1.54) is 49.7 Å². The van der Waals surface area contributed by atoms with Crippen LogP contribution in [0.15, 0.2) is 35.9 Å². The van der Waals surface area contributed by atoms with Gasteiger partial charge in [0.15, 0.2) is 0 Å². The number of carbonyl (C=O) groups excluding carboxylic acids is 1. The Morgan fingerprint density at radius 1 is 0.938 bits per heavy atom. The summed E-state index contributed by atoms with van der Waals surface area (Å²) in [5.74, 6) is -3.12. The summed E-state index contributed by atoms with van der Waals surface area (Å²) in [4.78, 5) is 33.3. The number of benzene rings is 1. The van der Waals surface area contributed by atoms with Gasteiger partial charge >= 0.3 is 11.9 Å². The van der Waals surface area contributed by atoms with E-state index in [9.17, 15) is 4.79 Å². The maximum absolute atomic E-state index is 12.6. The van der Waals surface area contributed by atoms with Crippen LogP contribution in [-0.2, 0) is 14.4 Å². The SMILES string of the molecule is CC(=Cc1ccccc1)CN1CCC(C(=O)NC2CCCCCC2)CC1.O=C(O)C(=O)O. The lowest BCUT2D eigenvalue weighted by Gasteiger charge is -2.32. The highest BCUT2D eigenvalue weighted by Crippen LogP contribution is 2.21. The molecule has 1 heterocycles. The van der Waals surface area contributed by atoms with E-state index in [4.69, 9.17) is 19.8 Å². The monoisotopic (exact) mass is 444 g/mol. The largest absolute Gasteiger partial charge is 0.473 e. The summed E-state index contributed by atoms with van der Waals surface area (Å²) in [6.45, 7) is 5.27. The topological polar surface area (TPSA) is 107 Å². The van der Waals surface area contributed by atoms with Gasteiger partial charge in [0, 0.05) is 18.5 Å². The van der Waals surface area contributed by atoms with Crippen molar-refractivity contribution in [2.45, 2.75) is 64.3 Å². The normalized spacial score (nSPS) is 18.7. The first-order valence-corrected chi connectivity index (χ1v) is 11.6. The molecule has 0 bridgehead atoms. The van der Waals surface area contributed by atoms with Crippen molar-refractivity contribution in [2.24, 2.45) is 5.92 Å². The molecule has 32 heavy (non-hydrogen) atoms. The van der Waals surface area contributed by atoms with Crippen molar-refractivity contribution in [3.05, 3.63) is 41.5 Å². The minimum Gasteiger partial charge on any atom is -0.473 e. The predicted octanol–water partition coefficient (Wildman–Crippen LogP) is 3.80. The molecule has 3 rings (SSSR count). The number of aliphatic carboxylic acids is 2. The number of carbonyl (C=O) groups is 3. The van der Waals surface area contributed by atoms with Gasteiger partial charge < -0.3 is 15.5 Å². The number of carboxylic acids is 2. The molecule has 1 aliphatic carbocycles. The molecule has 1 saturated carbocycles. The van der Waals surface area contributed by atoms with Gasteiger partial charge in [-0.2, -0.15) is 0 Å². The first-order chi connectivity index (χ1) is 15.3. The van der Waals surface area contributed by atoms with E-state index < -0.39 is 11.9 Å². The Kier molecular flexibility index (Phi) is 10.9. The maximum Gasteiger partial charge on any atom is 0.414 e. The van der Waals surface area contributed by atoms with Crippen LogP contribution in [0, 0.1) is 5.92 Å². The molecule has 7 heteroatoms. The average Bonchev–Trinajstić information content (AvgIpc) is 3.04. The fourth-order valence-corrected chi connectivity index (χ4v) is 4.33. The number of amides is 1. The Bertz CT molecular complexity index is 750. The van der Waals surface area contributed by atoms with Crippen LogP contribution in [0.4, 0.5) is 0 Å². The zero-order valence-electron chi connectivity index (χ0n) is 19.0. The first kappa shape index (κ1) is 25.6. The summed E-state index contributed by atoms with van der Waals surface area (Å²) < 4.78 is 0. The standard InChI is InChI=1S/C23H34N2O.C2H2O4/c1-19(17-20-9-5-4-6-10-20)18-25-15-13-21(14-16-25)23(26)24-22-11-7-2-3-8-12-22;3-1(4)2(5)6/h4-6,9-10,17,21-22H,2-3,7-8,11-16,18H2,1H3,(H,24,26);(H,3,4)(H,5,6). The molecule has 0 radical (unpaired) electrons. The number of piperidine rings is 1. The third-order valence-corrected chi connectivity index (χ3v) is 6.03. The summed E-state index contributed by atoms with van der Waals surface area (Å²) in [6, 6.07) is 10.9. The lowest BCUT2D eigenvalue weighted by Crippen LogP contribution is -2.44. The van der Waals surface area contributed by atoms with Gasteiger partial charge in [0.05, 0.1) is 0 Å². The lowest BCUT2D eigenvalue weighted by molar-refractivity contribution is -0.159. The van der Waals surface area contributed by atoms with Gasteiger partial charge in [0.2, 0.25) is 5.91 Å². The molecular weight excluding hydrogens is 408 g/mol. The van der Waals surface area contributed by atoms with Crippen molar-refractivity contribution in [3.8, 4) is 0 Å². The molecule has 7 nitrogen and oxygen atoms in total. The third kappa shape index (κ3) is 9.64. The Morgan fingerprint density at radius 3 is 2.03 bits per heavy atom. The number of nitrogens with one attached hydrogen (secondary N) is 1. The van der Waals surface area contributed by atoms with Crippen molar-refractivity contribution in [1.82, 2.24) is 10.2 Å². The van der Waals surface area contributed by atoms with Crippen molar-refractivity contribution >= 4 is 23.9 Å². The summed E-state index contributed by atoms with van der Waals surface area (Å²) in [6.07, 6.45) is 11.8. The van der Waals surface area contributed by atoms with Gasteiger partial charge in [-0.25, -0.2) is 9.59 Å². The molecular formula is C25H36N2O5. The molecule has 176 valence electrons. The quantitative estimate of drug-likeness (QED) is 0.471. The molecule has 1 saturated heterocycles. The van der Waals surface area contributed by atoms with Crippen LogP contribution in [0.5, 0.6) is 0 Å². The molecule has 0 spiro atoms. The second-order valence-electron chi connectivity index (χ2n) is 8.76. The maximum atomic E-state index is 12.6. The third-order valence-electron chi connectivity index (χ3n) is 6.03. The highest BCUT2D eigenvalue weighted by atomic mass is 16.4. The van der Waals surface area contributed by atoms with Gasteiger partial charge in [-0.05, 0) is 51.3 Å². The van der Waals surface area contributed by atoms with Crippen molar-refractivity contribution in [3.63, 3.8) is 0 Å². The molecule has 3 N–H and O–H groups in total. The van der Waals surface area contributed by atoms with E-state index in [-0.39, 0.29) is 5.92 Å². The summed E-state index contributed by atoms with van der Waals surface area (Å²) in [7, 11) is 0. The number of likely N-dealkylation sites (tertiary alicyclic amines) is 1. The molecule has 0 atom stereocenters. The Morgan fingerprint density at radius 2 is 1.50 bits per heavy atom. The number of carboxylic acid groups (broad SMARTS) is 2. The molecule has 2 fully saturated rings. The number of hydrogen-bond donors (Lipinski definition) is 3. The fourth-order valence-electron chi connectivity index (χ4n) is 4.33. The van der Waals surface area contributed by atoms with Crippen LogP contribution in [0.2, 0.25) is 0 Å². The predicted molar refractivity (Wildman–Crippen MR) is 124 cm³/mol. The Balaban J connectivity index is 0.000000534. The van der Waals surface area contributed by atoms with E-state index in [0.717, 1.165) is 32.5 Å². The lowest BCUT2D eigenvalue weighted by atomic mass is 9.94. The van der Waals surface area contributed by atoms with Gasteiger partial charge in [-0.1, -0.05) is 67.7 Å². The van der Waals surface area contributed by atoms with Crippen LogP contribution in [0.1, 0.15) is 63.9 Å². The number of hydrogen-bond acceptors (Lipinski definition) is 4. The zero-order chi connectivity index (χ0) is 23.3. The van der Waals surface area contributed by atoms with E-state index in [0.29, 0.717) is 11.9 Å². The molecule has 1 amide bonds. The molecule has 2 aliphatic rings. The molecule has 0 unspecified atom stereocenters.